The number of benzene rings is 2. The molecule has 0 N–H and O–H groups in total. The minimum atomic E-state index is 0.210. The number of Topliss-reactive ketones (excluding diaryl/α,β-unsaturated/α-hetero) is 1. The number of hydrogen-bond acceptors (Lipinski definition) is 4. The molecule has 138 valence electrons. The molecule has 1 aliphatic rings. The van der Waals surface area contributed by atoms with Crippen molar-refractivity contribution in [2.75, 3.05) is 24.6 Å². The number of anilines is 1. The Labute approximate surface area is 155 Å². The lowest BCUT2D eigenvalue weighted by Crippen LogP contribution is -2.54. The van der Waals surface area contributed by atoms with E-state index >= 15 is 0 Å². The first-order valence-electron chi connectivity index (χ1n) is 9.29. The van der Waals surface area contributed by atoms with Gasteiger partial charge in [-0.1, -0.05) is 19.1 Å². The lowest BCUT2D eigenvalue weighted by Gasteiger charge is -2.40. The maximum absolute atomic E-state index is 11.2. The van der Waals surface area contributed by atoms with Gasteiger partial charge in [-0.2, -0.15) is 0 Å². The van der Waals surface area contributed by atoms with Crippen LogP contribution in [0.5, 0.6) is 11.5 Å². The molecule has 1 aliphatic heterocycles. The van der Waals surface area contributed by atoms with Crippen LogP contribution in [0.3, 0.4) is 0 Å². The molecule has 0 spiro atoms. The average molecular weight is 353 g/mol. The van der Waals surface area contributed by atoms with Gasteiger partial charge in [-0.05, 0) is 61.7 Å². The normalized spacial score (nSPS) is 15.3. The molecule has 2 aromatic carbocycles. The van der Waals surface area contributed by atoms with Crippen LogP contribution in [0.2, 0.25) is 0 Å². The highest BCUT2D eigenvalue weighted by atomic mass is 16.5. The summed E-state index contributed by atoms with van der Waals surface area (Å²) >= 11 is 0. The summed E-state index contributed by atoms with van der Waals surface area (Å²) in [6, 6.07) is 16.3. The second-order valence-electron chi connectivity index (χ2n) is 6.95. The van der Waals surface area contributed by atoms with E-state index in [1.54, 1.807) is 6.92 Å². The van der Waals surface area contributed by atoms with Crippen molar-refractivity contribution in [1.82, 2.24) is 0 Å². The molecule has 1 atom stereocenters. The van der Waals surface area contributed by atoms with Crippen molar-refractivity contribution in [2.45, 2.75) is 39.2 Å². The largest absolute Gasteiger partial charge is 0.494 e. The second-order valence-corrected chi connectivity index (χ2v) is 6.95. The van der Waals surface area contributed by atoms with Gasteiger partial charge >= 0.3 is 0 Å². The van der Waals surface area contributed by atoms with Gasteiger partial charge in [0, 0.05) is 12.1 Å². The Kier molecular flexibility index (Phi) is 5.82. The standard InChI is InChI=1S/C22H27NO3/c1-4-25-20-11-7-19(8-12-20)23-14-22(15-23)26-21-9-5-18(6-10-21)16(2)13-17(3)24/h5-12,16,22H,4,13-15H2,1-3H3/t16-/m1/s1. The number of nitrogens with zero attached hydrogens (tertiary/aromatic N) is 1. The van der Waals surface area contributed by atoms with Gasteiger partial charge in [0.05, 0.1) is 19.7 Å². The molecule has 2 aromatic rings. The summed E-state index contributed by atoms with van der Waals surface area (Å²) in [5, 5.41) is 0. The summed E-state index contributed by atoms with van der Waals surface area (Å²) in [4.78, 5) is 13.5. The van der Waals surface area contributed by atoms with Gasteiger partial charge in [-0.15, -0.1) is 0 Å². The molecular formula is C22H27NO3. The van der Waals surface area contributed by atoms with Crippen molar-refractivity contribution in [1.29, 1.82) is 0 Å². The van der Waals surface area contributed by atoms with Crippen molar-refractivity contribution in [3.63, 3.8) is 0 Å². The summed E-state index contributed by atoms with van der Waals surface area (Å²) in [5.74, 6) is 2.27. The Morgan fingerprint density at radius 3 is 2.27 bits per heavy atom. The lowest BCUT2D eigenvalue weighted by molar-refractivity contribution is -0.117. The maximum atomic E-state index is 11.2. The van der Waals surface area contributed by atoms with E-state index in [2.05, 4.69) is 36.1 Å². The van der Waals surface area contributed by atoms with E-state index in [1.807, 2.05) is 31.2 Å². The van der Waals surface area contributed by atoms with Crippen molar-refractivity contribution in [2.24, 2.45) is 0 Å². The first-order chi connectivity index (χ1) is 12.5. The van der Waals surface area contributed by atoms with Crippen LogP contribution < -0.4 is 14.4 Å². The molecule has 3 rings (SSSR count). The minimum absolute atomic E-state index is 0.210. The van der Waals surface area contributed by atoms with E-state index in [9.17, 15) is 4.79 Å². The molecule has 26 heavy (non-hydrogen) atoms. The number of carbonyl (C=O) groups is 1. The fraction of sp³-hybridized carbons (Fsp3) is 0.409. The second kappa shape index (κ2) is 8.26. The van der Waals surface area contributed by atoms with Crippen LogP contribution in [0.1, 0.15) is 38.7 Å². The Morgan fingerprint density at radius 2 is 1.69 bits per heavy atom. The zero-order valence-corrected chi connectivity index (χ0v) is 15.8. The molecule has 0 radical (unpaired) electrons. The van der Waals surface area contributed by atoms with Crippen molar-refractivity contribution in [3.05, 3.63) is 54.1 Å². The van der Waals surface area contributed by atoms with E-state index in [4.69, 9.17) is 9.47 Å². The van der Waals surface area contributed by atoms with Crippen molar-refractivity contribution >= 4 is 11.5 Å². The van der Waals surface area contributed by atoms with E-state index in [0.29, 0.717) is 13.0 Å². The third kappa shape index (κ3) is 4.57. The molecular weight excluding hydrogens is 326 g/mol. The molecule has 0 bridgehead atoms. The highest BCUT2D eigenvalue weighted by Gasteiger charge is 2.28. The van der Waals surface area contributed by atoms with E-state index in [1.165, 1.54) is 11.3 Å². The Hall–Kier alpha value is -2.49. The quantitative estimate of drug-likeness (QED) is 0.703. The zero-order valence-electron chi connectivity index (χ0n) is 15.8. The molecule has 0 aromatic heterocycles. The number of ketones is 1. The number of rotatable bonds is 8. The maximum Gasteiger partial charge on any atom is 0.133 e. The molecule has 1 fully saturated rings. The van der Waals surface area contributed by atoms with Crippen LogP contribution >= 0.6 is 0 Å². The van der Waals surface area contributed by atoms with Crippen molar-refractivity contribution < 1.29 is 14.3 Å². The average Bonchev–Trinajstić information content (AvgIpc) is 2.59. The Bertz CT molecular complexity index is 718. The van der Waals surface area contributed by atoms with Crippen LogP contribution in [0.15, 0.2) is 48.5 Å². The minimum Gasteiger partial charge on any atom is -0.494 e. The Morgan fingerprint density at radius 1 is 1.08 bits per heavy atom. The summed E-state index contributed by atoms with van der Waals surface area (Å²) in [7, 11) is 0. The molecule has 0 amide bonds. The summed E-state index contributed by atoms with van der Waals surface area (Å²) in [6.07, 6.45) is 0.793. The molecule has 4 heteroatoms. The number of ether oxygens (including phenoxy) is 2. The summed E-state index contributed by atoms with van der Waals surface area (Å²) in [6.45, 7) is 8.17. The summed E-state index contributed by atoms with van der Waals surface area (Å²) in [5.41, 5.74) is 2.37. The summed E-state index contributed by atoms with van der Waals surface area (Å²) < 4.78 is 11.5. The van der Waals surface area contributed by atoms with Crippen LogP contribution in [0.4, 0.5) is 5.69 Å². The highest BCUT2D eigenvalue weighted by Crippen LogP contribution is 2.27. The number of hydrogen-bond donors (Lipinski definition) is 0. The highest BCUT2D eigenvalue weighted by molar-refractivity contribution is 5.76. The third-order valence-electron chi connectivity index (χ3n) is 4.71. The van der Waals surface area contributed by atoms with Gasteiger partial charge in [-0.25, -0.2) is 0 Å². The van der Waals surface area contributed by atoms with Gasteiger partial charge in [0.25, 0.3) is 0 Å². The van der Waals surface area contributed by atoms with Crippen LogP contribution in [0, 0.1) is 0 Å². The lowest BCUT2D eigenvalue weighted by atomic mass is 9.96. The SMILES string of the molecule is CCOc1ccc(N2CC(Oc3ccc([C@H](C)CC(C)=O)cc3)C2)cc1. The smallest absolute Gasteiger partial charge is 0.133 e. The predicted octanol–water partition coefficient (Wildman–Crippen LogP) is 4.44. The zero-order chi connectivity index (χ0) is 18.5. The molecule has 0 unspecified atom stereocenters. The topological polar surface area (TPSA) is 38.8 Å². The van der Waals surface area contributed by atoms with Gasteiger partial charge < -0.3 is 19.2 Å². The first-order valence-corrected chi connectivity index (χ1v) is 9.29. The molecule has 0 aliphatic carbocycles. The third-order valence-corrected chi connectivity index (χ3v) is 4.71. The fourth-order valence-corrected chi connectivity index (χ4v) is 3.26. The monoisotopic (exact) mass is 353 g/mol. The van der Waals surface area contributed by atoms with Gasteiger partial charge in [0.15, 0.2) is 0 Å². The Balaban J connectivity index is 1.48. The molecule has 0 saturated carbocycles. The van der Waals surface area contributed by atoms with E-state index in [0.717, 1.165) is 24.6 Å². The molecule has 1 saturated heterocycles. The predicted molar refractivity (Wildman–Crippen MR) is 104 cm³/mol. The molecule has 4 nitrogen and oxygen atoms in total. The van der Waals surface area contributed by atoms with Gasteiger partial charge in [0.1, 0.15) is 23.4 Å². The first kappa shape index (κ1) is 18.3. The molecule has 1 heterocycles. The fourth-order valence-electron chi connectivity index (χ4n) is 3.26. The van der Waals surface area contributed by atoms with Gasteiger partial charge in [-0.3, -0.25) is 0 Å². The van der Waals surface area contributed by atoms with Crippen LogP contribution in [-0.2, 0) is 4.79 Å². The van der Waals surface area contributed by atoms with E-state index < -0.39 is 0 Å². The van der Waals surface area contributed by atoms with Crippen LogP contribution in [-0.4, -0.2) is 31.6 Å². The van der Waals surface area contributed by atoms with E-state index in [-0.39, 0.29) is 17.8 Å². The van der Waals surface area contributed by atoms with Gasteiger partial charge in [0.2, 0.25) is 0 Å². The van der Waals surface area contributed by atoms with Crippen LogP contribution in [0.25, 0.3) is 0 Å². The van der Waals surface area contributed by atoms with Crippen molar-refractivity contribution in [3.8, 4) is 11.5 Å². The number of carbonyl (C=O) groups excluding carboxylic acids is 1.